The average Bonchev–Trinajstić information content (AvgIpc) is 2.27. The lowest BCUT2D eigenvalue weighted by Gasteiger charge is -2.18. The largest absolute Gasteiger partial charge is 0.495 e. The molecule has 0 saturated heterocycles. The van der Waals surface area contributed by atoms with E-state index in [0.717, 1.165) is 12.0 Å². The third-order valence-electron chi connectivity index (χ3n) is 2.53. The van der Waals surface area contributed by atoms with Crippen LogP contribution in [0, 0.1) is 5.92 Å². The molecule has 0 aliphatic carbocycles. The van der Waals surface area contributed by atoms with Gasteiger partial charge in [-0.3, -0.25) is 0 Å². The first-order chi connectivity index (χ1) is 8.01. The third kappa shape index (κ3) is 3.43. The van der Waals surface area contributed by atoms with E-state index in [9.17, 15) is 0 Å². The molecule has 0 aromatic heterocycles. The molecule has 4 heteroatoms. The fourth-order valence-corrected chi connectivity index (χ4v) is 2.56. The first-order valence-corrected chi connectivity index (χ1v) is 6.37. The zero-order valence-electron chi connectivity index (χ0n) is 10.6. The summed E-state index contributed by atoms with van der Waals surface area (Å²) in [5.74, 6) is 1.72. The van der Waals surface area contributed by atoms with Crippen LogP contribution in [0.2, 0.25) is 5.02 Å². The SMILES string of the molecule is COc1ccc(C(Cl)CC(C)C)c(OC)c1Cl. The van der Waals surface area contributed by atoms with Crippen molar-refractivity contribution in [2.75, 3.05) is 14.2 Å². The van der Waals surface area contributed by atoms with Crippen LogP contribution in [-0.4, -0.2) is 14.2 Å². The second kappa shape index (κ2) is 6.36. The predicted molar refractivity (Wildman–Crippen MR) is 72.6 cm³/mol. The smallest absolute Gasteiger partial charge is 0.145 e. The maximum absolute atomic E-state index is 6.37. The lowest BCUT2D eigenvalue weighted by Crippen LogP contribution is -2.01. The Labute approximate surface area is 113 Å². The lowest BCUT2D eigenvalue weighted by molar-refractivity contribution is 0.389. The third-order valence-corrected chi connectivity index (χ3v) is 3.30. The monoisotopic (exact) mass is 276 g/mol. The summed E-state index contributed by atoms with van der Waals surface area (Å²) in [7, 11) is 3.16. The van der Waals surface area contributed by atoms with Gasteiger partial charge in [0.15, 0.2) is 0 Å². The Morgan fingerprint density at radius 1 is 1.18 bits per heavy atom. The Morgan fingerprint density at radius 2 is 1.82 bits per heavy atom. The summed E-state index contributed by atoms with van der Waals surface area (Å²) in [6, 6.07) is 3.72. The van der Waals surface area contributed by atoms with Crippen molar-refractivity contribution in [3.8, 4) is 11.5 Å². The molecule has 0 radical (unpaired) electrons. The van der Waals surface area contributed by atoms with Gasteiger partial charge >= 0.3 is 0 Å². The van der Waals surface area contributed by atoms with Crippen LogP contribution < -0.4 is 9.47 Å². The number of ether oxygens (including phenoxy) is 2. The summed E-state index contributed by atoms with van der Waals surface area (Å²) in [6.45, 7) is 4.26. The van der Waals surface area contributed by atoms with Crippen LogP contribution in [0.4, 0.5) is 0 Å². The van der Waals surface area contributed by atoms with Gasteiger partial charge in [-0.15, -0.1) is 11.6 Å². The molecular weight excluding hydrogens is 259 g/mol. The zero-order chi connectivity index (χ0) is 13.0. The first-order valence-electron chi connectivity index (χ1n) is 5.55. The highest BCUT2D eigenvalue weighted by molar-refractivity contribution is 6.34. The zero-order valence-corrected chi connectivity index (χ0v) is 12.1. The van der Waals surface area contributed by atoms with Gasteiger partial charge in [-0.25, -0.2) is 0 Å². The molecule has 96 valence electrons. The van der Waals surface area contributed by atoms with Gasteiger partial charge in [0.25, 0.3) is 0 Å². The van der Waals surface area contributed by atoms with Gasteiger partial charge in [-0.1, -0.05) is 31.5 Å². The molecule has 0 heterocycles. The molecule has 1 atom stereocenters. The van der Waals surface area contributed by atoms with E-state index in [2.05, 4.69) is 13.8 Å². The predicted octanol–water partition coefficient (Wildman–Crippen LogP) is 4.68. The van der Waals surface area contributed by atoms with E-state index < -0.39 is 0 Å². The van der Waals surface area contributed by atoms with Crippen LogP contribution >= 0.6 is 23.2 Å². The number of methoxy groups -OCH3 is 2. The van der Waals surface area contributed by atoms with Crippen LogP contribution in [0.15, 0.2) is 12.1 Å². The molecule has 2 nitrogen and oxygen atoms in total. The van der Waals surface area contributed by atoms with Gasteiger partial charge in [0.2, 0.25) is 0 Å². The maximum atomic E-state index is 6.37. The van der Waals surface area contributed by atoms with Crippen molar-refractivity contribution < 1.29 is 9.47 Å². The van der Waals surface area contributed by atoms with Crippen molar-refractivity contribution in [2.45, 2.75) is 25.6 Å². The minimum Gasteiger partial charge on any atom is -0.495 e. The summed E-state index contributed by atoms with van der Waals surface area (Å²) in [6.07, 6.45) is 0.876. The maximum Gasteiger partial charge on any atom is 0.145 e. The summed E-state index contributed by atoms with van der Waals surface area (Å²) in [5.41, 5.74) is 0.911. The average molecular weight is 277 g/mol. The number of hydrogen-bond acceptors (Lipinski definition) is 2. The molecule has 0 fully saturated rings. The highest BCUT2D eigenvalue weighted by Gasteiger charge is 2.19. The van der Waals surface area contributed by atoms with Gasteiger partial charge < -0.3 is 9.47 Å². The van der Waals surface area contributed by atoms with Crippen molar-refractivity contribution in [3.63, 3.8) is 0 Å². The Balaban J connectivity index is 3.11. The molecule has 1 aromatic rings. The topological polar surface area (TPSA) is 18.5 Å². The number of alkyl halides is 1. The van der Waals surface area contributed by atoms with Gasteiger partial charge in [0, 0.05) is 5.56 Å². The fourth-order valence-electron chi connectivity index (χ4n) is 1.71. The van der Waals surface area contributed by atoms with Crippen molar-refractivity contribution in [1.82, 2.24) is 0 Å². The summed E-state index contributed by atoms with van der Waals surface area (Å²) >= 11 is 12.6. The van der Waals surface area contributed by atoms with E-state index >= 15 is 0 Å². The van der Waals surface area contributed by atoms with Crippen LogP contribution in [-0.2, 0) is 0 Å². The molecule has 17 heavy (non-hydrogen) atoms. The molecule has 0 spiro atoms. The van der Waals surface area contributed by atoms with E-state index in [1.165, 1.54) is 0 Å². The standard InChI is InChI=1S/C13H18Cl2O2/c1-8(2)7-10(14)9-5-6-11(16-3)12(15)13(9)17-4/h5-6,8,10H,7H2,1-4H3. The highest BCUT2D eigenvalue weighted by atomic mass is 35.5. The van der Waals surface area contributed by atoms with Crippen molar-refractivity contribution >= 4 is 23.2 Å². The normalized spacial score (nSPS) is 12.6. The molecule has 1 unspecified atom stereocenters. The number of rotatable bonds is 5. The first kappa shape index (κ1) is 14.5. The van der Waals surface area contributed by atoms with Gasteiger partial charge in [-0.05, 0) is 18.4 Å². The van der Waals surface area contributed by atoms with Crippen molar-refractivity contribution in [2.24, 2.45) is 5.92 Å². The van der Waals surface area contributed by atoms with Crippen molar-refractivity contribution in [3.05, 3.63) is 22.7 Å². The molecule has 0 aliphatic rings. The number of benzene rings is 1. The molecule has 0 aliphatic heterocycles. The van der Waals surface area contributed by atoms with E-state index in [-0.39, 0.29) is 5.38 Å². The molecule has 0 saturated carbocycles. The van der Waals surface area contributed by atoms with E-state index in [1.807, 2.05) is 12.1 Å². The van der Waals surface area contributed by atoms with E-state index in [4.69, 9.17) is 32.7 Å². The van der Waals surface area contributed by atoms with E-state index in [1.54, 1.807) is 14.2 Å². The summed E-state index contributed by atoms with van der Waals surface area (Å²) < 4.78 is 10.5. The molecule has 0 amide bonds. The lowest BCUT2D eigenvalue weighted by atomic mass is 10.0. The summed E-state index contributed by atoms with van der Waals surface area (Å²) in [5, 5.41) is 0.371. The Morgan fingerprint density at radius 3 is 2.29 bits per heavy atom. The van der Waals surface area contributed by atoms with Gasteiger partial charge in [0.1, 0.15) is 16.5 Å². The van der Waals surface area contributed by atoms with Gasteiger partial charge in [-0.2, -0.15) is 0 Å². The van der Waals surface area contributed by atoms with Crippen LogP contribution in [0.3, 0.4) is 0 Å². The van der Waals surface area contributed by atoms with Crippen LogP contribution in [0.5, 0.6) is 11.5 Å². The Bertz CT molecular complexity index is 378. The second-order valence-electron chi connectivity index (χ2n) is 4.30. The van der Waals surface area contributed by atoms with Gasteiger partial charge in [0.05, 0.1) is 19.6 Å². The molecule has 0 bridgehead atoms. The van der Waals surface area contributed by atoms with Crippen LogP contribution in [0.25, 0.3) is 0 Å². The molecule has 0 N–H and O–H groups in total. The molecule has 1 rings (SSSR count). The quantitative estimate of drug-likeness (QED) is 0.727. The summed E-state index contributed by atoms with van der Waals surface area (Å²) in [4.78, 5) is 0. The molecular formula is C13H18Cl2O2. The Hall–Kier alpha value is -0.600. The highest BCUT2D eigenvalue weighted by Crippen LogP contribution is 2.42. The van der Waals surface area contributed by atoms with Crippen molar-refractivity contribution in [1.29, 1.82) is 0 Å². The van der Waals surface area contributed by atoms with E-state index in [0.29, 0.717) is 22.4 Å². The second-order valence-corrected chi connectivity index (χ2v) is 5.21. The minimum atomic E-state index is -0.103. The molecule has 1 aromatic carbocycles. The number of hydrogen-bond donors (Lipinski definition) is 0. The number of halogens is 2. The minimum absolute atomic E-state index is 0.103. The Kier molecular flexibility index (Phi) is 5.41. The van der Waals surface area contributed by atoms with Crippen LogP contribution in [0.1, 0.15) is 31.2 Å². The fraction of sp³-hybridized carbons (Fsp3) is 0.538.